The first-order valence-corrected chi connectivity index (χ1v) is 8.62. The van der Waals surface area contributed by atoms with E-state index >= 15 is 0 Å². The maximum absolute atomic E-state index is 10.1. The van der Waals surface area contributed by atoms with Gasteiger partial charge in [-0.05, 0) is 61.1 Å². The van der Waals surface area contributed by atoms with Gasteiger partial charge in [0.1, 0.15) is 0 Å². The molecule has 0 bridgehead atoms. The van der Waals surface area contributed by atoms with E-state index in [0.717, 1.165) is 17.9 Å². The molecule has 21 heavy (non-hydrogen) atoms. The third kappa shape index (κ3) is 4.08. The minimum absolute atomic E-state index is 0.416. The van der Waals surface area contributed by atoms with Gasteiger partial charge >= 0.3 is 0 Å². The van der Waals surface area contributed by atoms with Crippen LogP contribution in [0.1, 0.15) is 69.6 Å². The highest BCUT2D eigenvalue weighted by atomic mass is 16.3. The lowest BCUT2D eigenvalue weighted by molar-refractivity contribution is 0.170. The second-order valence-electron chi connectivity index (χ2n) is 6.68. The Labute approximate surface area is 129 Å². The largest absolute Gasteiger partial charge is 0.388 e. The van der Waals surface area contributed by atoms with E-state index in [1.54, 1.807) is 0 Å². The Kier molecular flexibility index (Phi) is 5.83. The predicted octanol–water partition coefficient (Wildman–Crippen LogP) is 4.22. The molecule has 0 heterocycles. The van der Waals surface area contributed by atoms with Gasteiger partial charge in [0.05, 0.1) is 6.10 Å². The molecule has 2 heteroatoms. The van der Waals surface area contributed by atoms with Gasteiger partial charge in [-0.3, -0.25) is 0 Å². The summed E-state index contributed by atoms with van der Waals surface area (Å²) in [5.74, 6) is 0.957. The molecule has 1 aliphatic rings. The van der Waals surface area contributed by atoms with Gasteiger partial charge in [-0.25, -0.2) is 0 Å². The van der Waals surface area contributed by atoms with Crippen molar-refractivity contribution in [2.75, 3.05) is 6.54 Å². The van der Waals surface area contributed by atoms with Crippen LogP contribution in [0.4, 0.5) is 0 Å². The molecule has 0 saturated heterocycles. The van der Waals surface area contributed by atoms with Gasteiger partial charge in [-0.1, -0.05) is 51.0 Å². The summed E-state index contributed by atoms with van der Waals surface area (Å²) in [6.07, 6.45) is 8.07. The molecule has 0 amide bonds. The van der Waals surface area contributed by atoms with E-state index in [1.165, 1.54) is 37.7 Å². The lowest BCUT2D eigenvalue weighted by Gasteiger charge is -2.32. The van der Waals surface area contributed by atoms with Crippen LogP contribution >= 0.6 is 0 Å². The number of aliphatic hydroxyl groups is 1. The monoisotopic (exact) mass is 289 g/mol. The number of nitrogens with two attached hydrogens (primary N) is 1. The van der Waals surface area contributed by atoms with Gasteiger partial charge in [-0.15, -0.1) is 0 Å². The van der Waals surface area contributed by atoms with Crippen molar-refractivity contribution in [1.82, 2.24) is 0 Å². The number of hydrogen-bond donors (Lipinski definition) is 2. The summed E-state index contributed by atoms with van der Waals surface area (Å²) in [7, 11) is 0. The molecule has 1 unspecified atom stereocenters. The fourth-order valence-corrected chi connectivity index (χ4v) is 3.75. The fourth-order valence-electron chi connectivity index (χ4n) is 3.75. The molecule has 0 aliphatic heterocycles. The zero-order valence-corrected chi connectivity index (χ0v) is 13.6. The van der Waals surface area contributed by atoms with Crippen molar-refractivity contribution in [2.45, 2.75) is 64.9 Å². The topological polar surface area (TPSA) is 46.2 Å². The summed E-state index contributed by atoms with van der Waals surface area (Å²) in [6, 6.07) is 8.45. The summed E-state index contributed by atoms with van der Waals surface area (Å²) >= 11 is 0. The Morgan fingerprint density at radius 1 is 1.29 bits per heavy atom. The van der Waals surface area contributed by atoms with Crippen LogP contribution in [0.2, 0.25) is 0 Å². The summed E-state index contributed by atoms with van der Waals surface area (Å²) in [5, 5.41) is 10.1. The SMILES string of the molecule is CCC(CC)(CCc1cccc(C(O)CCN)c1)C1CC1. The van der Waals surface area contributed by atoms with Crippen molar-refractivity contribution in [3.63, 3.8) is 0 Å². The molecule has 1 aliphatic carbocycles. The molecule has 3 N–H and O–H groups in total. The Morgan fingerprint density at radius 2 is 2.00 bits per heavy atom. The summed E-state index contributed by atoms with van der Waals surface area (Å²) in [5.41, 5.74) is 8.46. The lowest BCUT2D eigenvalue weighted by atomic mass is 9.73. The van der Waals surface area contributed by atoms with Crippen LogP contribution in [0, 0.1) is 11.3 Å². The second kappa shape index (κ2) is 7.42. The summed E-state index contributed by atoms with van der Waals surface area (Å²) < 4.78 is 0. The maximum Gasteiger partial charge on any atom is 0.0802 e. The third-order valence-corrected chi connectivity index (χ3v) is 5.54. The highest BCUT2D eigenvalue weighted by Crippen LogP contribution is 2.52. The van der Waals surface area contributed by atoms with E-state index < -0.39 is 6.10 Å². The molecule has 1 aromatic rings. The van der Waals surface area contributed by atoms with Crippen molar-refractivity contribution in [1.29, 1.82) is 0 Å². The van der Waals surface area contributed by atoms with E-state index in [4.69, 9.17) is 5.73 Å². The molecule has 0 radical (unpaired) electrons. The molecule has 2 rings (SSSR count). The first-order valence-electron chi connectivity index (χ1n) is 8.62. The number of aryl methyl sites for hydroxylation is 1. The van der Waals surface area contributed by atoms with Gasteiger partial charge in [0, 0.05) is 0 Å². The van der Waals surface area contributed by atoms with Crippen LogP contribution in [-0.4, -0.2) is 11.7 Å². The minimum Gasteiger partial charge on any atom is -0.388 e. The Hall–Kier alpha value is -0.860. The van der Waals surface area contributed by atoms with Crippen molar-refractivity contribution in [3.8, 4) is 0 Å². The van der Waals surface area contributed by atoms with Gasteiger partial charge in [-0.2, -0.15) is 0 Å². The Balaban J connectivity index is 2.00. The molecule has 1 aromatic carbocycles. The number of rotatable bonds is 9. The minimum atomic E-state index is -0.416. The van der Waals surface area contributed by atoms with Crippen molar-refractivity contribution in [2.24, 2.45) is 17.1 Å². The first kappa shape index (κ1) is 16.5. The second-order valence-corrected chi connectivity index (χ2v) is 6.68. The third-order valence-electron chi connectivity index (χ3n) is 5.54. The smallest absolute Gasteiger partial charge is 0.0802 e. The molecule has 1 saturated carbocycles. The molecule has 1 fully saturated rings. The van der Waals surface area contributed by atoms with Gasteiger partial charge in [0.2, 0.25) is 0 Å². The van der Waals surface area contributed by atoms with Crippen LogP contribution in [-0.2, 0) is 6.42 Å². The average Bonchev–Trinajstić information content (AvgIpc) is 3.35. The fraction of sp³-hybridized carbons (Fsp3) is 0.684. The van der Waals surface area contributed by atoms with E-state index in [-0.39, 0.29) is 0 Å². The highest BCUT2D eigenvalue weighted by molar-refractivity contribution is 5.25. The van der Waals surface area contributed by atoms with Gasteiger partial charge in [0.15, 0.2) is 0 Å². The van der Waals surface area contributed by atoms with Crippen LogP contribution in [0.5, 0.6) is 0 Å². The van der Waals surface area contributed by atoms with Crippen molar-refractivity contribution < 1.29 is 5.11 Å². The predicted molar refractivity (Wildman–Crippen MR) is 89.1 cm³/mol. The van der Waals surface area contributed by atoms with E-state index in [2.05, 4.69) is 32.0 Å². The van der Waals surface area contributed by atoms with Crippen LogP contribution in [0.3, 0.4) is 0 Å². The Morgan fingerprint density at radius 3 is 2.57 bits per heavy atom. The summed E-state index contributed by atoms with van der Waals surface area (Å²) in [4.78, 5) is 0. The molecule has 0 spiro atoms. The maximum atomic E-state index is 10.1. The standard InChI is InChI=1S/C19H31NO/c1-3-19(4-2,17-8-9-17)12-10-15-6-5-7-16(14-15)18(21)11-13-20/h5-7,14,17-18,21H,3-4,8-13,20H2,1-2H3. The van der Waals surface area contributed by atoms with Gasteiger partial charge in [0.25, 0.3) is 0 Å². The normalized spacial score (nSPS) is 17.0. The number of benzene rings is 1. The van der Waals surface area contributed by atoms with Crippen LogP contribution in [0.15, 0.2) is 24.3 Å². The number of aliphatic hydroxyl groups excluding tert-OH is 1. The van der Waals surface area contributed by atoms with E-state index in [9.17, 15) is 5.11 Å². The molecule has 2 nitrogen and oxygen atoms in total. The van der Waals surface area contributed by atoms with Crippen molar-refractivity contribution >= 4 is 0 Å². The highest BCUT2D eigenvalue weighted by Gasteiger charge is 2.41. The Bertz CT molecular complexity index is 435. The van der Waals surface area contributed by atoms with E-state index in [0.29, 0.717) is 18.4 Å². The zero-order chi connectivity index (χ0) is 15.3. The average molecular weight is 289 g/mol. The molecular weight excluding hydrogens is 258 g/mol. The molecular formula is C19H31NO. The van der Waals surface area contributed by atoms with E-state index in [1.807, 2.05) is 6.07 Å². The van der Waals surface area contributed by atoms with Gasteiger partial charge < -0.3 is 10.8 Å². The number of hydrogen-bond acceptors (Lipinski definition) is 2. The molecule has 1 atom stereocenters. The molecule has 0 aromatic heterocycles. The van der Waals surface area contributed by atoms with Crippen LogP contribution < -0.4 is 5.73 Å². The lowest BCUT2D eigenvalue weighted by Crippen LogP contribution is -2.22. The zero-order valence-electron chi connectivity index (χ0n) is 13.6. The quantitative estimate of drug-likeness (QED) is 0.715. The first-order chi connectivity index (χ1) is 10.1. The summed E-state index contributed by atoms with van der Waals surface area (Å²) in [6.45, 7) is 5.23. The molecule has 118 valence electrons. The van der Waals surface area contributed by atoms with Crippen LogP contribution in [0.25, 0.3) is 0 Å². The van der Waals surface area contributed by atoms with Crippen molar-refractivity contribution in [3.05, 3.63) is 35.4 Å².